The fourth-order valence-corrected chi connectivity index (χ4v) is 4.89. The number of hydrazone groups is 1. The van der Waals surface area contributed by atoms with Crippen molar-refractivity contribution in [2.24, 2.45) is 5.10 Å². The molecule has 4 rings (SSSR count). The van der Waals surface area contributed by atoms with Gasteiger partial charge in [-0.05, 0) is 81.3 Å². The molecule has 1 aliphatic heterocycles. The molecule has 0 fully saturated rings. The number of anilines is 1. The van der Waals surface area contributed by atoms with Gasteiger partial charge in [0, 0.05) is 11.3 Å². The SMILES string of the molecule is CC1=NN(c2ccc(S(=O)(=O)[O-])cc2)C(=O)/C1=C\C=CCCc1c(C)[nH]n(-c2ccc(S(=O)(=O)[O-])cc2)c1=O.[K+].[K+]. The maximum absolute atomic E-state index is 12.9. The molecule has 0 bridgehead atoms. The van der Waals surface area contributed by atoms with E-state index < -0.39 is 31.0 Å². The monoisotopic (exact) mass is 648 g/mol. The average molecular weight is 649 g/mol. The second-order valence-electron chi connectivity index (χ2n) is 8.60. The molecule has 0 spiro atoms. The minimum atomic E-state index is -4.60. The Labute approximate surface area is 321 Å². The number of nitrogens with one attached hydrogen (secondary N) is 1. The normalized spacial score (nSPS) is 14.7. The predicted molar refractivity (Wildman–Crippen MR) is 140 cm³/mol. The molecule has 0 unspecified atom stereocenters. The third-order valence-electron chi connectivity index (χ3n) is 5.97. The largest absolute Gasteiger partial charge is 1.00 e. The molecule has 3 aromatic rings. The third-order valence-corrected chi connectivity index (χ3v) is 7.67. The summed E-state index contributed by atoms with van der Waals surface area (Å²) in [5.74, 6) is -0.421. The zero-order valence-corrected chi connectivity index (χ0v) is 30.6. The van der Waals surface area contributed by atoms with Gasteiger partial charge in [-0.2, -0.15) is 10.1 Å². The summed E-state index contributed by atoms with van der Waals surface area (Å²) in [5, 5.41) is 8.26. The van der Waals surface area contributed by atoms with Crippen LogP contribution in [0.2, 0.25) is 0 Å². The van der Waals surface area contributed by atoms with Gasteiger partial charge in [-0.3, -0.25) is 14.7 Å². The number of H-pyrrole nitrogens is 1. The molecule has 16 heteroatoms. The zero-order valence-electron chi connectivity index (χ0n) is 22.7. The number of carbonyl (C=O) groups is 1. The first-order chi connectivity index (χ1) is 18.3. The Kier molecular flexibility index (Phi) is 13.1. The Morgan fingerprint density at radius 2 is 1.37 bits per heavy atom. The molecule has 204 valence electrons. The number of aromatic nitrogens is 2. The average Bonchev–Trinajstić information content (AvgIpc) is 3.32. The molecule has 0 radical (unpaired) electrons. The van der Waals surface area contributed by atoms with Crippen molar-refractivity contribution in [2.75, 3.05) is 5.01 Å². The first-order valence-corrected chi connectivity index (χ1v) is 14.3. The standard InChI is InChI=1S/C25H24N4O8S2.2K/c1-16-22(24(30)28(26-16)18-8-12-20(13-9-18)38(32,33)34)6-4-3-5-7-23-17(2)27-29(25(23)31)19-10-14-21(15-11-19)39(35,36)37;;/h3-4,6,8-15,27H,5,7H2,1-2H3,(H,32,33,34)(H,35,36,37);;/q;2*+1/p-2/b4-3?,22-6-;;. The topological polar surface area (TPSA) is 185 Å². The molecule has 1 aliphatic rings. The fourth-order valence-electron chi connectivity index (χ4n) is 3.95. The number of aryl methyl sites for hydroxylation is 1. The Morgan fingerprint density at radius 1 is 0.854 bits per heavy atom. The molecule has 12 nitrogen and oxygen atoms in total. The van der Waals surface area contributed by atoms with Crippen molar-refractivity contribution in [1.29, 1.82) is 0 Å². The van der Waals surface area contributed by atoms with Crippen LogP contribution in [0.15, 0.2) is 92.0 Å². The number of hydrogen-bond acceptors (Lipinski definition) is 9. The Morgan fingerprint density at radius 3 is 1.88 bits per heavy atom. The van der Waals surface area contributed by atoms with Gasteiger partial charge in [0.1, 0.15) is 20.2 Å². The van der Waals surface area contributed by atoms with Gasteiger partial charge in [0.25, 0.3) is 11.5 Å². The van der Waals surface area contributed by atoms with Gasteiger partial charge in [-0.15, -0.1) is 0 Å². The minimum absolute atomic E-state index is 0. The molecule has 0 aliphatic carbocycles. The van der Waals surface area contributed by atoms with Crippen LogP contribution in [0.4, 0.5) is 5.69 Å². The van der Waals surface area contributed by atoms with E-state index in [0.717, 1.165) is 29.3 Å². The van der Waals surface area contributed by atoms with Crippen molar-refractivity contribution in [3.8, 4) is 5.69 Å². The summed E-state index contributed by atoms with van der Waals surface area (Å²) in [4.78, 5) is 24.9. The molecule has 0 saturated heterocycles. The van der Waals surface area contributed by atoms with Crippen molar-refractivity contribution in [3.63, 3.8) is 0 Å². The number of rotatable bonds is 8. The van der Waals surface area contributed by atoms with Crippen LogP contribution in [0.3, 0.4) is 0 Å². The van der Waals surface area contributed by atoms with E-state index in [2.05, 4.69) is 10.2 Å². The van der Waals surface area contributed by atoms with Crippen molar-refractivity contribution in [1.82, 2.24) is 9.78 Å². The first kappa shape index (κ1) is 36.4. The van der Waals surface area contributed by atoms with Crippen LogP contribution in [0.1, 0.15) is 24.6 Å². The quantitative estimate of drug-likeness (QED) is 0.146. The van der Waals surface area contributed by atoms with E-state index in [9.17, 15) is 35.5 Å². The van der Waals surface area contributed by atoms with Crippen molar-refractivity contribution >= 4 is 37.5 Å². The molecule has 1 aromatic heterocycles. The van der Waals surface area contributed by atoms with Crippen molar-refractivity contribution in [2.45, 2.75) is 36.5 Å². The van der Waals surface area contributed by atoms with Crippen LogP contribution in [0, 0.1) is 6.92 Å². The van der Waals surface area contributed by atoms with Gasteiger partial charge < -0.3 is 9.11 Å². The number of allylic oxidation sites excluding steroid dienone is 3. The first-order valence-electron chi connectivity index (χ1n) is 11.5. The summed E-state index contributed by atoms with van der Waals surface area (Å²) in [6.45, 7) is 3.39. The third kappa shape index (κ3) is 8.63. The number of benzene rings is 2. The fraction of sp³-hybridized carbons (Fsp3) is 0.160. The molecule has 1 amide bonds. The van der Waals surface area contributed by atoms with Crippen LogP contribution in [-0.2, 0) is 31.5 Å². The van der Waals surface area contributed by atoms with Crippen LogP contribution < -0.4 is 113 Å². The number of nitrogens with zero attached hydrogens (tertiary/aromatic N) is 3. The van der Waals surface area contributed by atoms with E-state index >= 15 is 0 Å². The maximum Gasteiger partial charge on any atom is 1.00 e. The van der Waals surface area contributed by atoms with Gasteiger partial charge in [0.2, 0.25) is 0 Å². The summed E-state index contributed by atoms with van der Waals surface area (Å²) >= 11 is 0. The second-order valence-corrected chi connectivity index (χ2v) is 11.4. The van der Waals surface area contributed by atoms with Gasteiger partial charge in [0.05, 0.1) is 32.5 Å². The van der Waals surface area contributed by atoms with E-state index in [1.54, 1.807) is 32.1 Å². The number of amides is 1. The summed E-state index contributed by atoms with van der Waals surface area (Å²) in [5.41, 5.74) is 2.32. The second kappa shape index (κ2) is 14.8. The molecular formula is C25H22K2N4O8S2. The smallest absolute Gasteiger partial charge is 0.744 e. The molecule has 2 heterocycles. The van der Waals surface area contributed by atoms with E-state index in [-0.39, 0.29) is 113 Å². The Balaban J connectivity index is 0.00000294. The van der Waals surface area contributed by atoms with Crippen molar-refractivity contribution < 1.29 is 134 Å². The zero-order chi connectivity index (χ0) is 28.5. The van der Waals surface area contributed by atoms with E-state index in [1.165, 1.54) is 28.9 Å². The molecule has 0 saturated carbocycles. The summed E-state index contributed by atoms with van der Waals surface area (Å²) < 4.78 is 68.0. The van der Waals surface area contributed by atoms with Gasteiger partial charge in [0.15, 0.2) is 0 Å². The number of carbonyl (C=O) groups excluding carboxylic acids is 1. The van der Waals surface area contributed by atoms with Crippen LogP contribution in [0.25, 0.3) is 5.69 Å². The van der Waals surface area contributed by atoms with Crippen LogP contribution in [0.5, 0.6) is 0 Å². The Bertz CT molecular complexity index is 1810. The van der Waals surface area contributed by atoms with Gasteiger partial charge >= 0.3 is 103 Å². The summed E-state index contributed by atoms with van der Waals surface area (Å²) in [6, 6.07) is 9.88. The van der Waals surface area contributed by atoms with E-state index in [0.29, 0.717) is 46.8 Å². The molecule has 2 aromatic carbocycles. The molecule has 41 heavy (non-hydrogen) atoms. The number of aromatic amines is 1. The van der Waals surface area contributed by atoms with Gasteiger partial charge in [-0.25, -0.2) is 21.5 Å². The minimum Gasteiger partial charge on any atom is -0.744 e. The summed E-state index contributed by atoms with van der Waals surface area (Å²) in [7, 11) is -9.19. The molecular weight excluding hydrogens is 627 g/mol. The number of hydrogen-bond donors (Lipinski definition) is 1. The summed E-state index contributed by atoms with van der Waals surface area (Å²) in [6.07, 6.45) is 5.92. The van der Waals surface area contributed by atoms with E-state index in [1.807, 2.05) is 0 Å². The maximum atomic E-state index is 12.9. The molecule has 0 atom stereocenters. The predicted octanol–water partition coefficient (Wildman–Crippen LogP) is -3.87. The molecule has 1 N–H and O–H groups in total. The van der Waals surface area contributed by atoms with Gasteiger partial charge in [-0.1, -0.05) is 12.2 Å². The van der Waals surface area contributed by atoms with Crippen LogP contribution >= 0.6 is 0 Å². The Hall–Kier alpha value is -0.837. The van der Waals surface area contributed by atoms with Crippen molar-refractivity contribution in [3.05, 3.63) is 93.9 Å². The van der Waals surface area contributed by atoms with Crippen LogP contribution in [-0.4, -0.2) is 47.3 Å². The van der Waals surface area contributed by atoms with E-state index in [4.69, 9.17) is 0 Å².